The third-order valence-electron chi connectivity index (χ3n) is 7.50. The summed E-state index contributed by atoms with van der Waals surface area (Å²) >= 11 is 0. The van der Waals surface area contributed by atoms with Crippen LogP contribution in [0.25, 0.3) is 11.1 Å². The Morgan fingerprint density at radius 3 is 2.00 bits per heavy atom. The molecule has 2 aromatic carbocycles. The van der Waals surface area contributed by atoms with Crippen LogP contribution in [0.2, 0.25) is 0 Å². The molecule has 162 valence electrons. The van der Waals surface area contributed by atoms with Crippen LogP contribution in [0, 0.1) is 35.2 Å². The Kier molecular flexibility index (Phi) is 6.85. The zero-order valence-corrected chi connectivity index (χ0v) is 18.0. The number of halogens is 3. The lowest BCUT2D eigenvalue weighted by Crippen LogP contribution is -2.18. The maximum absolute atomic E-state index is 13.6. The van der Waals surface area contributed by atoms with E-state index in [1.807, 2.05) is 12.1 Å². The van der Waals surface area contributed by atoms with Crippen LogP contribution < -0.4 is 0 Å². The third kappa shape index (κ3) is 4.92. The molecule has 1 saturated carbocycles. The molecule has 0 aliphatic heterocycles. The van der Waals surface area contributed by atoms with E-state index in [1.54, 1.807) is 0 Å². The minimum Gasteiger partial charge on any atom is -0.204 e. The van der Waals surface area contributed by atoms with E-state index in [-0.39, 0.29) is 0 Å². The predicted octanol–water partition coefficient (Wildman–Crippen LogP) is 8.26. The van der Waals surface area contributed by atoms with E-state index in [9.17, 15) is 13.2 Å². The molecule has 0 N–H and O–H groups in total. The van der Waals surface area contributed by atoms with Crippen molar-refractivity contribution in [2.75, 3.05) is 0 Å². The normalized spacial score (nSPS) is 23.9. The van der Waals surface area contributed by atoms with E-state index in [4.69, 9.17) is 0 Å². The van der Waals surface area contributed by atoms with Gasteiger partial charge in [0.05, 0.1) is 0 Å². The van der Waals surface area contributed by atoms with Gasteiger partial charge >= 0.3 is 0 Å². The highest BCUT2D eigenvalue weighted by atomic mass is 19.2. The Morgan fingerprint density at radius 2 is 1.33 bits per heavy atom. The molecule has 1 fully saturated rings. The highest BCUT2D eigenvalue weighted by Gasteiger charge is 2.24. The average molecular weight is 415 g/mol. The molecule has 0 bridgehead atoms. The fraction of sp³-hybridized carbons (Fsp3) is 0.556. The molecule has 1 atom stereocenters. The van der Waals surface area contributed by atoms with Crippen molar-refractivity contribution >= 4 is 0 Å². The highest BCUT2D eigenvalue weighted by Crippen LogP contribution is 2.37. The number of hydrogen-bond donors (Lipinski definition) is 0. The smallest absolute Gasteiger partial charge is 0.194 e. The van der Waals surface area contributed by atoms with Gasteiger partial charge in [-0.15, -0.1) is 0 Å². The molecule has 2 aromatic rings. The second kappa shape index (κ2) is 9.58. The minimum atomic E-state index is -1.40. The molecule has 3 heteroatoms. The average Bonchev–Trinajstić information content (AvgIpc) is 2.76. The van der Waals surface area contributed by atoms with E-state index >= 15 is 0 Å². The summed E-state index contributed by atoms with van der Waals surface area (Å²) in [4.78, 5) is 0. The zero-order valence-electron chi connectivity index (χ0n) is 18.0. The van der Waals surface area contributed by atoms with Gasteiger partial charge in [-0.3, -0.25) is 0 Å². The number of benzene rings is 2. The molecule has 0 aromatic heterocycles. The van der Waals surface area contributed by atoms with Crippen LogP contribution in [0.3, 0.4) is 0 Å². The second-order valence-electron chi connectivity index (χ2n) is 9.60. The molecule has 30 heavy (non-hydrogen) atoms. The van der Waals surface area contributed by atoms with Gasteiger partial charge < -0.3 is 0 Å². The van der Waals surface area contributed by atoms with Crippen molar-refractivity contribution in [3.63, 3.8) is 0 Å². The molecule has 0 heterocycles. The Labute approximate surface area is 178 Å². The Morgan fingerprint density at radius 1 is 0.700 bits per heavy atom. The van der Waals surface area contributed by atoms with E-state index in [2.05, 4.69) is 13.0 Å². The Balaban J connectivity index is 1.34. The number of aryl methyl sites for hydroxylation is 1. The first-order valence-electron chi connectivity index (χ1n) is 11.8. The van der Waals surface area contributed by atoms with Gasteiger partial charge in [0.25, 0.3) is 0 Å². The fourth-order valence-electron chi connectivity index (χ4n) is 5.67. The van der Waals surface area contributed by atoms with Gasteiger partial charge in [0.1, 0.15) is 0 Å². The molecule has 0 spiro atoms. The molecule has 0 amide bonds. The van der Waals surface area contributed by atoms with Crippen molar-refractivity contribution in [1.82, 2.24) is 0 Å². The van der Waals surface area contributed by atoms with Gasteiger partial charge in [-0.05, 0) is 77.8 Å². The standard InChI is InChI=1S/C27H33F3/c1-2-3-18-4-6-19(7-5-18)8-9-20-10-11-22-15-23(13-12-21(22)14-20)24-16-25(28)27(30)26(29)17-24/h12-13,15-20H,2-11,14H2,1H3. The largest absolute Gasteiger partial charge is 0.204 e. The first kappa shape index (κ1) is 21.5. The van der Waals surface area contributed by atoms with Crippen molar-refractivity contribution in [2.45, 2.75) is 77.6 Å². The second-order valence-corrected chi connectivity index (χ2v) is 9.60. The summed E-state index contributed by atoms with van der Waals surface area (Å²) in [6, 6.07) is 8.23. The number of hydrogen-bond acceptors (Lipinski definition) is 0. The van der Waals surface area contributed by atoms with Gasteiger partial charge in [0, 0.05) is 0 Å². The molecule has 1 unspecified atom stereocenters. The molecule has 0 nitrogen and oxygen atoms in total. The van der Waals surface area contributed by atoms with Gasteiger partial charge in [-0.25, -0.2) is 13.2 Å². The lowest BCUT2D eigenvalue weighted by Gasteiger charge is -2.31. The van der Waals surface area contributed by atoms with Crippen LogP contribution in [-0.4, -0.2) is 0 Å². The molecule has 2 aliphatic carbocycles. The summed E-state index contributed by atoms with van der Waals surface area (Å²) in [7, 11) is 0. The van der Waals surface area contributed by atoms with Crippen molar-refractivity contribution in [2.24, 2.45) is 17.8 Å². The van der Waals surface area contributed by atoms with Crippen LogP contribution in [0.5, 0.6) is 0 Å². The minimum absolute atomic E-state index is 0.398. The van der Waals surface area contributed by atoms with E-state index in [0.717, 1.165) is 48.3 Å². The molecule has 0 radical (unpaired) electrons. The molecule has 0 saturated heterocycles. The van der Waals surface area contributed by atoms with Crippen molar-refractivity contribution in [1.29, 1.82) is 0 Å². The maximum Gasteiger partial charge on any atom is 0.194 e. The fourth-order valence-corrected chi connectivity index (χ4v) is 5.67. The summed E-state index contributed by atoms with van der Waals surface area (Å²) in [5.74, 6) is -1.02. The number of rotatable bonds is 6. The quantitative estimate of drug-likeness (QED) is 0.417. The molecule has 4 rings (SSSR count). The third-order valence-corrected chi connectivity index (χ3v) is 7.50. The number of fused-ring (bicyclic) bond motifs is 1. The monoisotopic (exact) mass is 414 g/mol. The van der Waals surface area contributed by atoms with Crippen LogP contribution >= 0.6 is 0 Å². The van der Waals surface area contributed by atoms with Crippen LogP contribution in [0.1, 0.15) is 75.8 Å². The van der Waals surface area contributed by atoms with Crippen LogP contribution in [0.15, 0.2) is 30.3 Å². The van der Waals surface area contributed by atoms with Crippen molar-refractivity contribution < 1.29 is 13.2 Å². The van der Waals surface area contributed by atoms with Gasteiger partial charge in [0.2, 0.25) is 0 Å². The van der Waals surface area contributed by atoms with E-state index in [0.29, 0.717) is 5.56 Å². The predicted molar refractivity (Wildman–Crippen MR) is 117 cm³/mol. The summed E-state index contributed by atoms with van der Waals surface area (Å²) in [5, 5.41) is 0. The maximum atomic E-state index is 13.6. The summed E-state index contributed by atoms with van der Waals surface area (Å²) < 4.78 is 40.5. The molecule has 2 aliphatic rings. The Hall–Kier alpha value is -1.77. The van der Waals surface area contributed by atoms with Crippen LogP contribution in [0.4, 0.5) is 13.2 Å². The van der Waals surface area contributed by atoms with Crippen LogP contribution in [-0.2, 0) is 12.8 Å². The SMILES string of the molecule is CCCC1CCC(CCC2CCc3cc(-c4cc(F)c(F)c(F)c4)ccc3C2)CC1. The highest BCUT2D eigenvalue weighted by molar-refractivity contribution is 5.65. The first-order chi connectivity index (χ1) is 14.5. The van der Waals surface area contributed by atoms with Gasteiger partial charge in [-0.2, -0.15) is 0 Å². The Bertz CT molecular complexity index is 841. The topological polar surface area (TPSA) is 0 Å². The lowest BCUT2D eigenvalue weighted by molar-refractivity contribution is 0.236. The summed E-state index contributed by atoms with van der Waals surface area (Å²) in [6.45, 7) is 2.30. The molecular weight excluding hydrogens is 381 g/mol. The zero-order chi connectivity index (χ0) is 21.1. The summed E-state index contributed by atoms with van der Waals surface area (Å²) in [6.07, 6.45) is 14.4. The van der Waals surface area contributed by atoms with Crippen molar-refractivity contribution in [3.8, 4) is 11.1 Å². The lowest BCUT2D eigenvalue weighted by atomic mass is 9.75. The van der Waals surface area contributed by atoms with Gasteiger partial charge in [-0.1, -0.05) is 70.1 Å². The summed E-state index contributed by atoms with van der Waals surface area (Å²) in [5.41, 5.74) is 3.79. The first-order valence-corrected chi connectivity index (χ1v) is 11.8. The van der Waals surface area contributed by atoms with E-state index in [1.165, 1.54) is 68.9 Å². The van der Waals surface area contributed by atoms with Gasteiger partial charge in [0.15, 0.2) is 17.5 Å². The van der Waals surface area contributed by atoms with E-state index < -0.39 is 17.5 Å². The van der Waals surface area contributed by atoms with Crippen molar-refractivity contribution in [3.05, 3.63) is 58.9 Å². The molecular formula is C27H33F3.